The molecule has 0 aliphatic heterocycles. The predicted octanol–water partition coefficient (Wildman–Crippen LogP) is 2.02. The van der Waals surface area contributed by atoms with Gasteiger partial charge in [-0.15, -0.1) is 0 Å². The summed E-state index contributed by atoms with van der Waals surface area (Å²) in [5.41, 5.74) is 0. The molecule has 1 rings (SSSR count). The molecule has 6 heteroatoms. The molecule has 0 radical (unpaired) electrons. The van der Waals surface area contributed by atoms with E-state index < -0.39 is 26.3 Å². The molecule has 3 nitrogen and oxygen atoms in total. The fraction of sp³-hybridized carbons (Fsp3) is 0.500. The SMILES string of the molecule is C[Si](C)(C)c1ccc(S(=O)(=O)O)c([Si](C)(C)C)c1. The molecule has 0 amide bonds. The summed E-state index contributed by atoms with van der Waals surface area (Å²) in [5, 5.41) is 2.05. The molecular formula is C12H22O3SSi2. The van der Waals surface area contributed by atoms with Crippen LogP contribution < -0.4 is 10.4 Å². The number of benzene rings is 1. The van der Waals surface area contributed by atoms with E-state index in [9.17, 15) is 13.0 Å². The van der Waals surface area contributed by atoms with Crippen molar-refractivity contribution in [1.82, 2.24) is 0 Å². The lowest BCUT2D eigenvalue weighted by molar-refractivity contribution is 0.484. The van der Waals surface area contributed by atoms with Crippen LogP contribution in [0.5, 0.6) is 0 Å². The van der Waals surface area contributed by atoms with Gasteiger partial charge in [0.2, 0.25) is 0 Å². The highest BCUT2D eigenvalue weighted by atomic mass is 32.2. The average molecular weight is 303 g/mol. The van der Waals surface area contributed by atoms with Crippen LogP contribution in [0.1, 0.15) is 0 Å². The van der Waals surface area contributed by atoms with E-state index in [0.29, 0.717) is 0 Å². The first kappa shape index (κ1) is 15.6. The van der Waals surface area contributed by atoms with Crippen molar-refractivity contribution >= 4 is 36.6 Å². The van der Waals surface area contributed by atoms with Crippen LogP contribution >= 0.6 is 0 Å². The maximum absolute atomic E-state index is 11.5. The van der Waals surface area contributed by atoms with Crippen LogP contribution in [0.25, 0.3) is 0 Å². The molecule has 1 N–H and O–H groups in total. The summed E-state index contributed by atoms with van der Waals surface area (Å²) >= 11 is 0. The average Bonchev–Trinajstić information content (AvgIpc) is 2.12. The highest BCUT2D eigenvalue weighted by molar-refractivity contribution is 7.86. The third kappa shape index (κ3) is 3.53. The molecule has 0 atom stereocenters. The Kier molecular flexibility index (Phi) is 3.98. The summed E-state index contributed by atoms with van der Waals surface area (Å²) in [6.45, 7) is 12.9. The van der Waals surface area contributed by atoms with Crippen molar-refractivity contribution in [2.45, 2.75) is 44.2 Å². The Labute approximate surface area is 112 Å². The van der Waals surface area contributed by atoms with Crippen molar-refractivity contribution in [1.29, 1.82) is 0 Å². The Morgan fingerprint density at radius 2 is 1.44 bits per heavy atom. The highest BCUT2D eigenvalue weighted by Gasteiger charge is 2.28. The van der Waals surface area contributed by atoms with Gasteiger partial charge in [-0.3, -0.25) is 4.55 Å². The monoisotopic (exact) mass is 302 g/mol. The first-order chi connectivity index (χ1) is 7.83. The van der Waals surface area contributed by atoms with E-state index in [1.54, 1.807) is 6.07 Å². The van der Waals surface area contributed by atoms with Crippen LogP contribution in [0.2, 0.25) is 39.3 Å². The Morgan fingerprint density at radius 1 is 0.944 bits per heavy atom. The van der Waals surface area contributed by atoms with Gasteiger partial charge < -0.3 is 0 Å². The Bertz CT molecular complexity index is 552. The molecule has 0 heterocycles. The Balaban J connectivity index is 3.61. The molecule has 0 saturated carbocycles. The zero-order valence-corrected chi connectivity index (χ0v) is 14.7. The summed E-state index contributed by atoms with van der Waals surface area (Å²) in [7, 11) is -7.42. The van der Waals surface area contributed by atoms with Crippen LogP contribution in [-0.4, -0.2) is 29.1 Å². The first-order valence-corrected chi connectivity index (χ1v) is 14.4. The standard InChI is InChI=1S/C12H22O3SSi2/c1-17(2,3)10-7-8-11(16(13,14)15)12(9-10)18(4,5)6/h7-9H,1-6H3,(H,13,14,15). The second kappa shape index (κ2) is 4.59. The lowest BCUT2D eigenvalue weighted by Gasteiger charge is -2.24. The number of hydrogen-bond donors (Lipinski definition) is 1. The fourth-order valence-corrected chi connectivity index (χ4v) is 6.41. The lowest BCUT2D eigenvalue weighted by atomic mass is 10.3. The van der Waals surface area contributed by atoms with E-state index in [0.717, 1.165) is 5.19 Å². The van der Waals surface area contributed by atoms with E-state index in [1.807, 2.05) is 12.1 Å². The summed E-state index contributed by atoms with van der Waals surface area (Å²) < 4.78 is 32.2. The van der Waals surface area contributed by atoms with E-state index in [1.165, 1.54) is 5.19 Å². The molecule has 0 aliphatic rings. The van der Waals surface area contributed by atoms with Gasteiger partial charge >= 0.3 is 0 Å². The molecule has 1 aromatic carbocycles. The normalized spacial score (nSPS) is 13.7. The summed E-state index contributed by atoms with van der Waals surface area (Å²) in [6.07, 6.45) is 0. The Morgan fingerprint density at radius 3 is 1.78 bits per heavy atom. The van der Waals surface area contributed by atoms with Crippen molar-refractivity contribution < 1.29 is 13.0 Å². The summed E-state index contributed by atoms with van der Waals surface area (Å²) in [6, 6.07) is 5.41. The van der Waals surface area contributed by atoms with Crippen LogP contribution in [-0.2, 0) is 10.1 Å². The van der Waals surface area contributed by atoms with Gasteiger partial charge in [0.05, 0.1) is 21.0 Å². The van der Waals surface area contributed by atoms with E-state index >= 15 is 0 Å². The van der Waals surface area contributed by atoms with Crippen LogP contribution in [0.4, 0.5) is 0 Å². The van der Waals surface area contributed by atoms with Crippen LogP contribution in [0.3, 0.4) is 0 Å². The molecule has 0 aliphatic carbocycles. The Hall–Kier alpha value is -0.436. The predicted molar refractivity (Wildman–Crippen MR) is 82.2 cm³/mol. The third-order valence-corrected chi connectivity index (χ3v) is 8.10. The van der Waals surface area contributed by atoms with E-state index in [2.05, 4.69) is 39.3 Å². The minimum Gasteiger partial charge on any atom is -0.282 e. The number of rotatable bonds is 3. The summed E-state index contributed by atoms with van der Waals surface area (Å²) in [4.78, 5) is 0.0867. The number of hydrogen-bond acceptors (Lipinski definition) is 2. The van der Waals surface area contributed by atoms with Gasteiger partial charge in [-0.2, -0.15) is 8.42 Å². The van der Waals surface area contributed by atoms with Crippen molar-refractivity contribution in [2.75, 3.05) is 0 Å². The molecule has 18 heavy (non-hydrogen) atoms. The van der Waals surface area contributed by atoms with Gasteiger partial charge in [0, 0.05) is 0 Å². The minimum absolute atomic E-state index is 0.0867. The zero-order chi connectivity index (χ0) is 14.4. The second-order valence-corrected chi connectivity index (χ2v) is 18.2. The molecule has 0 saturated heterocycles. The molecule has 0 bridgehead atoms. The third-order valence-electron chi connectivity index (χ3n) is 2.93. The van der Waals surface area contributed by atoms with Gasteiger partial charge in [0.15, 0.2) is 0 Å². The van der Waals surface area contributed by atoms with Crippen molar-refractivity contribution in [3.8, 4) is 0 Å². The summed E-state index contributed by atoms with van der Waals surface area (Å²) in [5.74, 6) is 0. The van der Waals surface area contributed by atoms with Gasteiger partial charge in [-0.05, 0) is 11.3 Å². The van der Waals surface area contributed by atoms with Gasteiger partial charge in [0.1, 0.15) is 0 Å². The lowest BCUT2D eigenvalue weighted by Crippen LogP contribution is -2.47. The molecule has 0 fully saturated rings. The highest BCUT2D eigenvalue weighted by Crippen LogP contribution is 2.13. The van der Waals surface area contributed by atoms with E-state index in [-0.39, 0.29) is 4.90 Å². The maximum Gasteiger partial charge on any atom is 0.294 e. The molecule has 1 aromatic rings. The van der Waals surface area contributed by atoms with Gasteiger partial charge in [-0.25, -0.2) is 0 Å². The van der Waals surface area contributed by atoms with Crippen molar-refractivity contribution in [3.05, 3.63) is 18.2 Å². The van der Waals surface area contributed by atoms with Gasteiger partial charge in [-0.1, -0.05) is 56.6 Å². The smallest absolute Gasteiger partial charge is 0.282 e. The zero-order valence-electron chi connectivity index (χ0n) is 11.9. The largest absolute Gasteiger partial charge is 0.294 e. The molecule has 102 valence electrons. The first-order valence-electron chi connectivity index (χ1n) is 5.96. The fourth-order valence-electron chi connectivity index (χ4n) is 1.81. The molecular weight excluding hydrogens is 280 g/mol. The second-order valence-electron chi connectivity index (χ2n) is 6.69. The molecule has 0 aromatic heterocycles. The topological polar surface area (TPSA) is 54.4 Å². The van der Waals surface area contributed by atoms with Crippen molar-refractivity contribution in [2.24, 2.45) is 0 Å². The van der Waals surface area contributed by atoms with E-state index in [4.69, 9.17) is 0 Å². The quantitative estimate of drug-likeness (QED) is 0.686. The van der Waals surface area contributed by atoms with Crippen LogP contribution in [0, 0.1) is 0 Å². The van der Waals surface area contributed by atoms with Gasteiger partial charge in [0.25, 0.3) is 10.1 Å². The minimum atomic E-state index is -4.13. The van der Waals surface area contributed by atoms with Crippen molar-refractivity contribution in [3.63, 3.8) is 0 Å². The molecule has 0 spiro atoms. The maximum atomic E-state index is 11.5. The molecule has 0 unspecified atom stereocenters. The van der Waals surface area contributed by atoms with Crippen LogP contribution in [0.15, 0.2) is 23.1 Å².